The van der Waals surface area contributed by atoms with Gasteiger partial charge in [0.15, 0.2) is 6.61 Å². The largest absolute Gasteiger partial charge is 0.484 e. The maximum absolute atomic E-state index is 11.9. The molecule has 0 radical (unpaired) electrons. The van der Waals surface area contributed by atoms with Crippen molar-refractivity contribution in [3.63, 3.8) is 0 Å². The highest BCUT2D eigenvalue weighted by Crippen LogP contribution is 2.12. The molecule has 1 N–H and O–H groups in total. The van der Waals surface area contributed by atoms with Crippen LogP contribution in [0.3, 0.4) is 0 Å². The van der Waals surface area contributed by atoms with Gasteiger partial charge in [-0.15, -0.1) is 0 Å². The van der Waals surface area contributed by atoms with Crippen LogP contribution in [0.2, 0.25) is 0 Å². The molecule has 0 saturated heterocycles. The maximum Gasteiger partial charge on any atom is 0.258 e. The van der Waals surface area contributed by atoms with Crippen LogP contribution in [-0.4, -0.2) is 22.1 Å². The first-order chi connectivity index (χ1) is 12.2. The summed E-state index contributed by atoms with van der Waals surface area (Å²) in [4.78, 5) is 15.9. The number of amides is 1. The van der Waals surface area contributed by atoms with Crippen LogP contribution in [0, 0.1) is 0 Å². The number of ether oxygens (including phenoxy) is 1. The van der Waals surface area contributed by atoms with Crippen molar-refractivity contribution in [3.05, 3.63) is 78.4 Å². The molecule has 1 heterocycles. The van der Waals surface area contributed by atoms with Gasteiger partial charge in [0.1, 0.15) is 5.75 Å². The molecule has 3 rings (SSSR count). The van der Waals surface area contributed by atoms with E-state index in [0.717, 1.165) is 17.7 Å². The zero-order valence-corrected chi connectivity index (χ0v) is 14.2. The fourth-order valence-electron chi connectivity index (χ4n) is 2.42. The Morgan fingerprint density at radius 2 is 1.80 bits per heavy atom. The van der Waals surface area contributed by atoms with Crippen molar-refractivity contribution in [3.8, 4) is 11.4 Å². The van der Waals surface area contributed by atoms with Gasteiger partial charge in [0.2, 0.25) is 0 Å². The van der Waals surface area contributed by atoms with Crippen molar-refractivity contribution < 1.29 is 9.53 Å². The van der Waals surface area contributed by atoms with E-state index < -0.39 is 0 Å². The minimum atomic E-state index is -0.141. The third kappa shape index (κ3) is 4.70. The SMILES string of the molecule is CCc1ccc(OCC(=O)NCc2ccc(-n3ccnc3)cc2)cc1. The Bertz CT molecular complexity index is 794. The first kappa shape index (κ1) is 16.8. The third-order valence-corrected chi connectivity index (χ3v) is 3.93. The summed E-state index contributed by atoms with van der Waals surface area (Å²) < 4.78 is 7.43. The van der Waals surface area contributed by atoms with Crippen molar-refractivity contribution in [1.29, 1.82) is 0 Å². The number of nitrogens with zero attached hydrogens (tertiary/aromatic N) is 2. The van der Waals surface area contributed by atoms with Crippen molar-refractivity contribution in [2.75, 3.05) is 6.61 Å². The molecule has 5 heteroatoms. The molecular weight excluding hydrogens is 314 g/mol. The molecule has 0 saturated carbocycles. The summed E-state index contributed by atoms with van der Waals surface area (Å²) >= 11 is 0. The molecule has 5 nitrogen and oxygen atoms in total. The number of hydrogen-bond acceptors (Lipinski definition) is 3. The lowest BCUT2D eigenvalue weighted by molar-refractivity contribution is -0.123. The van der Waals surface area contributed by atoms with Crippen LogP contribution in [0.15, 0.2) is 67.3 Å². The molecular formula is C20H21N3O2. The molecule has 128 valence electrons. The maximum atomic E-state index is 11.9. The molecule has 0 unspecified atom stereocenters. The molecule has 0 aliphatic heterocycles. The van der Waals surface area contributed by atoms with Crippen LogP contribution in [0.25, 0.3) is 5.69 Å². The Kier molecular flexibility index (Phi) is 5.46. The van der Waals surface area contributed by atoms with Crippen molar-refractivity contribution in [2.24, 2.45) is 0 Å². The molecule has 0 fully saturated rings. The molecule has 0 spiro atoms. The molecule has 0 aliphatic carbocycles. The third-order valence-electron chi connectivity index (χ3n) is 3.93. The van der Waals surface area contributed by atoms with Crippen LogP contribution in [0.5, 0.6) is 5.75 Å². The quantitative estimate of drug-likeness (QED) is 0.722. The van der Waals surface area contributed by atoms with E-state index >= 15 is 0 Å². The predicted molar refractivity (Wildman–Crippen MR) is 96.7 cm³/mol. The Morgan fingerprint density at radius 1 is 1.08 bits per heavy atom. The molecule has 1 aromatic heterocycles. The number of rotatable bonds is 7. The topological polar surface area (TPSA) is 56.1 Å². The van der Waals surface area contributed by atoms with E-state index in [0.29, 0.717) is 12.3 Å². The number of aryl methyl sites for hydroxylation is 1. The van der Waals surface area contributed by atoms with E-state index in [2.05, 4.69) is 17.2 Å². The van der Waals surface area contributed by atoms with Crippen LogP contribution >= 0.6 is 0 Å². The van der Waals surface area contributed by atoms with E-state index in [4.69, 9.17) is 4.74 Å². The van der Waals surface area contributed by atoms with E-state index in [-0.39, 0.29) is 12.5 Å². The average molecular weight is 335 g/mol. The van der Waals surface area contributed by atoms with Gasteiger partial charge < -0.3 is 14.6 Å². The van der Waals surface area contributed by atoms with Gasteiger partial charge in [-0.25, -0.2) is 4.98 Å². The standard InChI is InChI=1S/C20H21N3O2/c1-2-16-5-9-19(10-6-16)25-14-20(24)22-13-17-3-7-18(8-4-17)23-12-11-21-15-23/h3-12,15H,2,13-14H2,1H3,(H,22,24). The summed E-state index contributed by atoms with van der Waals surface area (Å²) in [5.41, 5.74) is 3.31. The number of imidazole rings is 1. The lowest BCUT2D eigenvalue weighted by Gasteiger charge is -2.09. The van der Waals surface area contributed by atoms with Crippen molar-refractivity contribution >= 4 is 5.91 Å². The molecule has 3 aromatic rings. The van der Waals surface area contributed by atoms with Gasteiger partial charge in [0, 0.05) is 24.6 Å². The fraction of sp³-hybridized carbons (Fsp3) is 0.200. The van der Waals surface area contributed by atoms with E-state index in [9.17, 15) is 4.79 Å². The van der Waals surface area contributed by atoms with Gasteiger partial charge in [-0.05, 0) is 41.8 Å². The van der Waals surface area contributed by atoms with Gasteiger partial charge in [-0.3, -0.25) is 4.79 Å². The van der Waals surface area contributed by atoms with Gasteiger partial charge in [-0.1, -0.05) is 31.2 Å². The molecule has 0 bridgehead atoms. The highest BCUT2D eigenvalue weighted by atomic mass is 16.5. The molecule has 25 heavy (non-hydrogen) atoms. The van der Waals surface area contributed by atoms with Crippen LogP contribution in [0.1, 0.15) is 18.1 Å². The second-order valence-electron chi connectivity index (χ2n) is 5.70. The van der Waals surface area contributed by atoms with Gasteiger partial charge in [-0.2, -0.15) is 0 Å². The number of benzene rings is 2. The minimum Gasteiger partial charge on any atom is -0.484 e. The van der Waals surface area contributed by atoms with Crippen LogP contribution in [0.4, 0.5) is 0 Å². The Balaban J connectivity index is 1.45. The summed E-state index contributed by atoms with van der Waals surface area (Å²) in [6.45, 7) is 2.59. The van der Waals surface area contributed by atoms with E-state index in [1.54, 1.807) is 12.5 Å². The summed E-state index contributed by atoms with van der Waals surface area (Å²) in [6, 6.07) is 15.8. The lowest BCUT2D eigenvalue weighted by Crippen LogP contribution is -2.28. The average Bonchev–Trinajstić information content (AvgIpc) is 3.20. The number of nitrogens with one attached hydrogen (secondary N) is 1. The smallest absolute Gasteiger partial charge is 0.258 e. The highest BCUT2D eigenvalue weighted by molar-refractivity contribution is 5.77. The first-order valence-electron chi connectivity index (χ1n) is 8.30. The Hall–Kier alpha value is -3.08. The highest BCUT2D eigenvalue weighted by Gasteiger charge is 2.03. The van der Waals surface area contributed by atoms with Crippen LogP contribution < -0.4 is 10.1 Å². The van der Waals surface area contributed by atoms with Crippen molar-refractivity contribution in [2.45, 2.75) is 19.9 Å². The summed E-state index contributed by atoms with van der Waals surface area (Å²) in [5, 5.41) is 2.86. The zero-order valence-electron chi connectivity index (χ0n) is 14.2. The number of carbonyl (C=O) groups excluding carboxylic acids is 1. The van der Waals surface area contributed by atoms with Crippen LogP contribution in [-0.2, 0) is 17.8 Å². The normalized spacial score (nSPS) is 10.4. The summed E-state index contributed by atoms with van der Waals surface area (Å²) in [5.74, 6) is 0.565. The van der Waals surface area contributed by atoms with Gasteiger partial charge in [0.05, 0.1) is 6.33 Å². The summed E-state index contributed by atoms with van der Waals surface area (Å²) in [7, 11) is 0. The lowest BCUT2D eigenvalue weighted by atomic mass is 10.2. The Labute approximate surface area is 147 Å². The summed E-state index contributed by atoms with van der Waals surface area (Å²) in [6.07, 6.45) is 6.37. The van der Waals surface area contributed by atoms with Gasteiger partial charge in [0.25, 0.3) is 5.91 Å². The molecule has 0 aliphatic rings. The number of aromatic nitrogens is 2. The number of carbonyl (C=O) groups is 1. The monoisotopic (exact) mass is 335 g/mol. The van der Waals surface area contributed by atoms with Crippen molar-refractivity contribution in [1.82, 2.24) is 14.9 Å². The first-order valence-corrected chi connectivity index (χ1v) is 8.30. The predicted octanol–water partition coefficient (Wildman–Crippen LogP) is 3.13. The minimum absolute atomic E-state index is 0.0125. The molecule has 0 atom stereocenters. The second kappa shape index (κ2) is 8.15. The Morgan fingerprint density at radius 3 is 2.44 bits per heavy atom. The second-order valence-corrected chi connectivity index (χ2v) is 5.70. The number of hydrogen-bond donors (Lipinski definition) is 1. The molecule has 2 aromatic carbocycles. The molecule has 1 amide bonds. The van der Waals surface area contributed by atoms with E-state index in [1.807, 2.05) is 59.3 Å². The zero-order chi connectivity index (χ0) is 17.5. The van der Waals surface area contributed by atoms with E-state index in [1.165, 1.54) is 5.56 Å². The van der Waals surface area contributed by atoms with Gasteiger partial charge >= 0.3 is 0 Å². The fourth-order valence-corrected chi connectivity index (χ4v) is 2.42.